The van der Waals surface area contributed by atoms with E-state index in [1.54, 1.807) is 0 Å². The maximum absolute atomic E-state index is 13.1. The van der Waals surface area contributed by atoms with Crippen molar-refractivity contribution < 1.29 is 22.7 Å². The summed E-state index contributed by atoms with van der Waals surface area (Å²) in [4.78, 5) is 18.5. The number of halogens is 4. The van der Waals surface area contributed by atoms with Crippen molar-refractivity contribution in [3.8, 4) is 5.75 Å². The van der Waals surface area contributed by atoms with E-state index in [1.165, 1.54) is 30.5 Å². The predicted molar refractivity (Wildman–Crippen MR) is 100 cm³/mol. The smallest absolute Gasteiger partial charge is 0.417 e. The lowest BCUT2D eigenvalue weighted by Crippen LogP contribution is -2.47. The number of nitrogens with zero attached hydrogens (tertiary/aromatic N) is 2. The highest BCUT2D eigenvalue weighted by Gasteiger charge is 2.49. The first-order chi connectivity index (χ1) is 13.1. The number of rotatable bonds is 5. The average molecular weight is 418 g/mol. The highest BCUT2D eigenvalue weighted by Crippen LogP contribution is 2.41. The number of carbonyl (C=O) groups is 1. The first-order valence-corrected chi connectivity index (χ1v) is 9.64. The Morgan fingerprint density at radius 3 is 2.57 bits per heavy atom. The molecule has 28 heavy (non-hydrogen) atoms. The van der Waals surface area contributed by atoms with E-state index < -0.39 is 22.3 Å². The molecule has 1 aromatic rings. The van der Waals surface area contributed by atoms with E-state index >= 15 is 0 Å². The largest absolute Gasteiger partial charge is 0.489 e. The summed E-state index contributed by atoms with van der Waals surface area (Å²) in [6.07, 6.45) is 1.17. The van der Waals surface area contributed by atoms with Gasteiger partial charge in [-0.15, -0.1) is 0 Å². The van der Waals surface area contributed by atoms with E-state index in [0.29, 0.717) is 12.3 Å². The summed E-state index contributed by atoms with van der Waals surface area (Å²) in [6, 6.07) is 3.46. The van der Waals surface area contributed by atoms with Crippen molar-refractivity contribution in [1.82, 2.24) is 4.90 Å². The second-order valence-corrected chi connectivity index (χ2v) is 7.86. The summed E-state index contributed by atoms with van der Waals surface area (Å²) in [6.45, 7) is -0.214. The van der Waals surface area contributed by atoms with Crippen LogP contribution in [0.5, 0.6) is 5.75 Å². The van der Waals surface area contributed by atoms with E-state index in [9.17, 15) is 18.0 Å². The Morgan fingerprint density at radius 2 is 2.00 bits per heavy atom. The number of likely N-dealkylation sites (N-methyl/N-ethyl adjacent to an activating group) is 1. The van der Waals surface area contributed by atoms with Gasteiger partial charge in [-0.3, -0.25) is 9.69 Å². The molecule has 1 aliphatic carbocycles. The fraction of sp³-hybridized carbons (Fsp3) is 0.579. The third-order valence-electron chi connectivity index (χ3n) is 5.46. The minimum absolute atomic E-state index is 0.0829. The van der Waals surface area contributed by atoms with Crippen LogP contribution in [0.4, 0.5) is 13.2 Å². The monoisotopic (exact) mass is 417 g/mol. The minimum Gasteiger partial charge on any atom is -0.489 e. The molecule has 0 saturated heterocycles. The molecular formula is C19H23ClF3N3O2. The van der Waals surface area contributed by atoms with E-state index in [2.05, 4.69) is 4.99 Å². The maximum atomic E-state index is 13.1. The molecule has 1 saturated carbocycles. The quantitative estimate of drug-likeness (QED) is 0.779. The van der Waals surface area contributed by atoms with Crippen LogP contribution in [0.1, 0.15) is 44.1 Å². The standard InChI is InChI=1S/C19H23ClF3N3O2/c1-26-16(27)18(25-17(26)24,10-12-6-3-2-4-7-12)11-28-14-9-5-8-13(15(14)20)19(21,22)23/h5,8-9,12H,2-4,6-7,10-11H2,1H3,(H2,24,25). The van der Waals surface area contributed by atoms with Crippen molar-refractivity contribution in [1.29, 1.82) is 0 Å². The lowest BCUT2D eigenvalue weighted by atomic mass is 9.79. The van der Waals surface area contributed by atoms with Crippen LogP contribution in [0.2, 0.25) is 5.02 Å². The third kappa shape index (κ3) is 4.06. The van der Waals surface area contributed by atoms with Gasteiger partial charge in [-0.1, -0.05) is 49.8 Å². The number of guanidine groups is 1. The van der Waals surface area contributed by atoms with Crippen LogP contribution in [-0.4, -0.2) is 36.0 Å². The summed E-state index contributed by atoms with van der Waals surface area (Å²) >= 11 is 5.91. The summed E-state index contributed by atoms with van der Waals surface area (Å²) in [7, 11) is 1.53. The average Bonchev–Trinajstić information content (AvgIpc) is 2.85. The zero-order valence-electron chi connectivity index (χ0n) is 15.6. The molecule has 1 fully saturated rings. The number of alkyl halides is 3. The molecule has 9 heteroatoms. The Balaban J connectivity index is 1.84. The number of hydrogen-bond donors (Lipinski definition) is 1. The minimum atomic E-state index is -4.60. The molecule has 1 aliphatic heterocycles. The van der Waals surface area contributed by atoms with Crippen molar-refractivity contribution in [3.63, 3.8) is 0 Å². The SMILES string of the molecule is CN1C(=O)C(COc2cccc(C(F)(F)F)c2Cl)(CC2CCCCC2)N=C1N. The molecule has 0 radical (unpaired) electrons. The summed E-state index contributed by atoms with van der Waals surface area (Å²) < 4.78 is 44.9. The molecule has 1 unspecified atom stereocenters. The summed E-state index contributed by atoms with van der Waals surface area (Å²) in [5.74, 6) is -0.0600. The molecule has 1 aromatic carbocycles. The van der Waals surface area contributed by atoms with E-state index in [4.69, 9.17) is 22.1 Å². The van der Waals surface area contributed by atoms with Gasteiger partial charge < -0.3 is 10.5 Å². The maximum Gasteiger partial charge on any atom is 0.417 e. The molecule has 2 N–H and O–H groups in total. The van der Waals surface area contributed by atoms with Crippen molar-refractivity contribution in [2.24, 2.45) is 16.6 Å². The van der Waals surface area contributed by atoms with Gasteiger partial charge in [0.1, 0.15) is 12.4 Å². The normalized spacial score (nSPS) is 23.8. The van der Waals surface area contributed by atoms with Gasteiger partial charge in [0.05, 0.1) is 10.6 Å². The van der Waals surface area contributed by atoms with E-state index in [0.717, 1.165) is 31.7 Å². The lowest BCUT2D eigenvalue weighted by molar-refractivity contribution is -0.137. The number of hydrogen-bond acceptors (Lipinski definition) is 4. The van der Waals surface area contributed by atoms with Gasteiger partial charge in [-0.25, -0.2) is 4.99 Å². The summed E-state index contributed by atoms with van der Waals surface area (Å²) in [5, 5.41) is -0.529. The number of benzene rings is 1. The topological polar surface area (TPSA) is 67.9 Å². The Kier molecular flexibility index (Phi) is 5.79. The number of carbonyl (C=O) groups excluding carboxylic acids is 1. The fourth-order valence-corrected chi connectivity index (χ4v) is 4.24. The van der Waals surface area contributed by atoms with Crippen LogP contribution in [-0.2, 0) is 11.0 Å². The van der Waals surface area contributed by atoms with Gasteiger partial charge in [0.25, 0.3) is 5.91 Å². The molecule has 1 atom stereocenters. The van der Waals surface area contributed by atoms with Crippen LogP contribution in [0.3, 0.4) is 0 Å². The highest BCUT2D eigenvalue weighted by molar-refractivity contribution is 6.32. The molecule has 2 aliphatic rings. The van der Waals surface area contributed by atoms with Crippen LogP contribution in [0, 0.1) is 5.92 Å². The van der Waals surface area contributed by atoms with Gasteiger partial charge in [0, 0.05) is 7.05 Å². The highest BCUT2D eigenvalue weighted by atomic mass is 35.5. The van der Waals surface area contributed by atoms with E-state index in [-0.39, 0.29) is 24.2 Å². The van der Waals surface area contributed by atoms with Gasteiger partial charge in [-0.05, 0) is 24.5 Å². The second kappa shape index (κ2) is 7.81. The Labute approximate surface area is 166 Å². The van der Waals surface area contributed by atoms with Crippen LogP contribution >= 0.6 is 11.6 Å². The van der Waals surface area contributed by atoms with Crippen molar-refractivity contribution in [3.05, 3.63) is 28.8 Å². The first-order valence-electron chi connectivity index (χ1n) is 9.26. The second-order valence-electron chi connectivity index (χ2n) is 7.48. The molecule has 3 rings (SSSR count). The van der Waals surface area contributed by atoms with Gasteiger partial charge >= 0.3 is 6.18 Å². The van der Waals surface area contributed by atoms with Gasteiger partial charge in [0.15, 0.2) is 11.5 Å². The van der Waals surface area contributed by atoms with Crippen LogP contribution < -0.4 is 10.5 Å². The number of nitrogens with two attached hydrogens (primary N) is 1. The Bertz CT molecular complexity index is 778. The molecule has 0 bridgehead atoms. The summed E-state index contributed by atoms with van der Waals surface area (Å²) in [5.41, 5.74) is 3.64. The molecule has 154 valence electrons. The van der Waals surface area contributed by atoms with Crippen molar-refractivity contribution in [2.75, 3.05) is 13.7 Å². The molecule has 0 spiro atoms. The molecule has 1 heterocycles. The Hall–Kier alpha value is -1.96. The fourth-order valence-electron chi connectivity index (χ4n) is 3.95. The van der Waals surface area contributed by atoms with Gasteiger partial charge in [-0.2, -0.15) is 13.2 Å². The van der Waals surface area contributed by atoms with Gasteiger partial charge in [0.2, 0.25) is 0 Å². The number of aliphatic imine (C=N–C) groups is 1. The Morgan fingerprint density at radius 1 is 1.32 bits per heavy atom. The lowest BCUT2D eigenvalue weighted by Gasteiger charge is -2.31. The molecule has 0 aromatic heterocycles. The van der Waals surface area contributed by atoms with Crippen LogP contribution in [0.25, 0.3) is 0 Å². The van der Waals surface area contributed by atoms with Crippen molar-refractivity contribution in [2.45, 2.75) is 50.2 Å². The van der Waals surface area contributed by atoms with E-state index in [1.807, 2.05) is 0 Å². The third-order valence-corrected chi connectivity index (χ3v) is 5.85. The predicted octanol–water partition coefficient (Wildman–Crippen LogP) is 4.23. The van der Waals surface area contributed by atoms with Crippen molar-refractivity contribution >= 4 is 23.5 Å². The van der Waals surface area contributed by atoms with Crippen LogP contribution in [0.15, 0.2) is 23.2 Å². The molecule has 5 nitrogen and oxygen atoms in total. The molecular weight excluding hydrogens is 395 g/mol. The zero-order valence-corrected chi connectivity index (χ0v) is 16.3. The zero-order chi connectivity index (χ0) is 20.5. The molecule has 1 amide bonds. The number of ether oxygens (including phenoxy) is 1. The number of amides is 1. The first kappa shape index (κ1) is 20.8.